The first-order chi connectivity index (χ1) is 9.57. The second-order valence-corrected chi connectivity index (χ2v) is 6.09. The molecule has 106 valence electrons. The Morgan fingerprint density at radius 2 is 1.65 bits per heavy atom. The average Bonchev–Trinajstić information content (AvgIpc) is 2.49. The maximum absolute atomic E-state index is 9.81. The Kier molecular flexibility index (Phi) is 4.84. The number of nitrogens with one attached hydrogen (secondary N) is 1. The van der Waals surface area contributed by atoms with E-state index in [9.17, 15) is 5.11 Å². The molecule has 1 atom stereocenters. The first-order valence-electron chi connectivity index (χ1n) is 6.81. The van der Waals surface area contributed by atoms with E-state index in [0.29, 0.717) is 0 Å². The maximum Gasteiger partial charge on any atom is 0.0828 e. The minimum Gasteiger partial charge on any atom is -0.394 e. The number of halogens is 1. The first kappa shape index (κ1) is 15.1. The summed E-state index contributed by atoms with van der Waals surface area (Å²) in [6, 6.07) is 16.4. The minimum atomic E-state index is -0.486. The van der Waals surface area contributed by atoms with Crippen LogP contribution in [0.4, 0.5) is 5.69 Å². The molecule has 3 heteroatoms. The van der Waals surface area contributed by atoms with E-state index in [2.05, 4.69) is 52.4 Å². The van der Waals surface area contributed by atoms with Crippen molar-refractivity contribution in [2.75, 3.05) is 11.9 Å². The van der Waals surface area contributed by atoms with Gasteiger partial charge in [-0.3, -0.25) is 0 Å². The lowest BCUT2D eigenvalue weighted by atomic mass is 9.91. The molecule has 0 aliphatic rings. The van der Waals surface area contributed by atoms with Crippen LogP contribution in [-0.4, -0.2) is 11.7 Å². The van der Waals surface area contributed by atoms with Crippen molar-refractivity contribution in [3.05, 3.63) is 64.1 Å². The summed E-state index contributed by atoms with van der Waals surface area (Å²) in [5.41, 5.74) is 2.89. The van der Waals surface area contributed by atoms with E-state index in [1.807, 2.05) is 31.2 Å². The standard InChI is InChI=1S/C17H20BrNO/c1-3-13-4-6-14(7-5-13)17(2,12-20)19-16-10-8-15(18)9-11-16/h4-11,19-20H,3,12H2,1-2H3. The number of aliphatic hydroxyl groups excluding tert-OH is 1. The molecule has 0 spiro atoms. The Bertz CT molecular complexity index is 550. The van der Waals surface area contributed by atoms with Crippen LogP contribution in [0.5, 0.6) is 0 Å². The van der Waals surface area contributed by atoms with E-state index in [-0.39, 0.29) is 6.61 Å². The lowest BCUT2D eigenvalue weighted by molar-refractivity contribution is 0.224. The minimum absolute atomic E-state index is 0.0362. The van der Waals surface area contributed by atoms with Gasteiger partial charge in [0.05, 0.1) is 12.1 Å². The zero-order valence-corrected chi connectivity index (χ0v) is 13.4. The van der Waals surface area contributed by atoms with Gasteiger partial charge in [-0.15, -0.1) is 0 Å². The normalized spacial score (nSPS) is 13.8. The van der Waals surface area contributed by atoms with E-state index in [4.69, 9.17) is 0 Å². The van der Waals surface area contributed by atoms with Crippen LogP contribution in [0, 0.1) is 0 Å². The summed E-state index contributed by atoms with van der Waals surface area (Å²) in [5, 5.41) is 13.2. The third kappa shape index (κ3) is 3.41. The van der Waals surface area contributed by atoms with Crippen LogP contribution in [0.25, 0.3) is 0 Å². The molecule has 20 heavy (non-hydrogen) atoms. The van der Waals surface area contributed by atoms with Crippen LogP contribution in [0.3, 0.4) is 0 Å². The lowest BCUT2D eigenvalue weighted by Gasteiger charge is -2.30. The Labute approximate surface area is 129 Å². The van der Waals surface area contributed by atoms with Gasteiger partial charge in [0.15, 0.2) is 0 Å². The molecule has 2 N–H and O–H groups in total. The molecule has 0 aliphatic carbocycles. The number of hydrogen-bond donors (Lipinski definition) is 2. The summed E-state index contributed by atoms with van der Waals surface area (Å²) in [5.74, 6) is 0. The van der Waals surface area contributed by atoms with Gasteiger partial charge in [-0.05, 0) is 48.7 Å². The van der Waals surface area contributed by atoms with Gasteiger partial charge in [0, 0.05) is 10.2 Å². The summed E-state index contributed by atoms with van der Waals surface area (Å²) in [6.07, 6.45) is 1.02. The predicted octanol–water partition coefficient (Wildman–Crippen LogP) is 4.33. The van der Waals surface area contributed by atoms with Crippen LogP contribution in [0.1, 0.15) is 25.0 Å². The van der Waals surface area contributed by atoms with E-state index >= 15 is 0 Å². The highest BCUT2D eigenvalue weighted by Crippen LogP contribution is 2.27. The van der Waals surface area contributed by atoms with Gasteiger partial charge in [0.25, 0.3) is 0 Å². The molecule has 0 fully saturated rings. The smallest absolute Gasteiger partial charge is 0.0828 e. The zero-order chi connectivity index (χ0) is 14.6. The Hall–Kier alpha value is -1.32. The first-order valence-corrected chi connectivity index (χ1v) is 7.61. The number of hydrogen-bond acceptors (Lipinski definition) is 2. The van der Waals surface area contributed by atoms with Crippen LogP contribution >= 0.6 is 15.9 Å². The highest BCUT2D eigenvalue weighted by Gasteiger charge is 2.25. The third-order valence-electron chi connectivity index (χ3n) is 3.58. The van der Waals surface area contributed by atoms with Crippen LogP contribution in [0.15, 0.2) is 53.0 Å². The molecule has 0 amide bonds. The van der Waals surface area contributed by atoms with Gasteiger partial charge in [0.2, 0.25) is 0 Å². The molecule has 2 aromatic carbocycles. The van der Waals surface area contributed by atoms with Gasteiger partial charge >= 0.3 is 0 Å². The van der Waals surface area contributed by atoms with Crippen molar-refractivity contribution in [3.8, 4) is 0 Å². The summed E-state index contributed by atoms with van der Waals surface area (Å²) < 4.78 is 1.04. The van der Waals surface area contributed by atoms with Gasteiger partial charge in [-0.1, -0.05) is 47.1 Å². The van der Waals surface area contributed by atoms with Crippen LogP contribution in [-0.2, 0) is 12.0 Å². The van der Waals surface area contributed by atoms with Gasteiger partial charge < -0.3 is 10.4 Å². The number of aryl methyl sites for hydroxylation is 1. The molecular weight excluding hydrogens is 314 g/mol. The van der Waals surface area contributed by atoms with Gasteiger partial charge in [0.1, 0.15) is 0 Å². The van der Waals surface area contributed by atoms with Crippen LogP contribution in [0.2, 0.25) is 0 Å². The number of anilines is 1. The highest BCUT2D eigenvalue weighted by atomic mass is 79.9. The van der Waals surface area contributed by atoms with Crippen molar-refractivity contribution < 1.29 is 5.11 Å². The fraction of sp³-hybridized carbons (Fsp3) is 0.294. The molecule has 0 radical (unpaired) electrons. The van der Waals surface area contributed by atoms with Crippen molar-refractivity contribution >= 4 is 21.6 Å². The Morgan fingerprint density at radius 3 is 2.15 bits per heavy atom. The largest absolute Gasteiger partial charge is 0.394 e. The van der Waals surface area contributed by atoms with Crippen molar-refractivity contribution in [1.29, 1.82) is 0 Å². The van der Waals surface area contributed by atoms with E-state index in [1.54, 1.807) is 0 Å². The fourth-order valence-electron chi connectivity index (χ4n) is 2.16. The van der Waals surface area contributed by atoms with E-state index in [1.165, 1.54) is 5.56 Å². The molecule has 0 aliphatic heterocycles. The fourth-order valence-corrected chi connectivity index (χ4v) is 2.43. The summed E-state index contributed by atoms with van der Waals surface area (Å²) >= 11 is 3.43. The molecule has 0 bridgehead atoms. The molecule has 2 rings (SSSR count). The topological polar surface area (TPSA) is 32.3 Å². The molecule has 2 nitrogen and oxygen atoms in total. The maximum atomic E-state index is 9.81. The van der Waals surface area contributed by atoms with E-state index < -0.39 is 5.54 Å². The molecule has 0 saturated carbocycles. The molecular formula is C17H20BrNO. The van der Waals surface area contributed by atoms with Crippen molar-refractivity contribution in [2.45, 2.75) is 25.8 Å². The predicted molar refractivity (Wildman–Crippen MR) is 88.0 cm³/mol. The second-order valence-electron chi connectivity index (χ2n) is 5.17. The number of aliphatic hydroxyl groups is 1. The van der Waals surface area contributed by atoms with Crippen molar-refractivity contribution in [1.82, 2.24) is 0 Å². The van der Waals surface area contributed by atoms with Gasteiger partial charge in [-0.2, -0.15) is 0 Å². The van der Waals surface area contributed by atoms with Crippen molar-refractivity contribution in [3.63, 3.8) is 0 Å². The molecule has 0 saturated heterocycles. The SMILES string of the molecule is CCc1ccc(C(C)(CO)Nc2ccc(Br)cc2)cc1. The molecule has 0 aromatic heterocycles. The third-order valence-corrected chi connectivity index (χ3v) is 4.11. The summed E-state index contributed by atoms with van der Waals surface area (Å²) in [6.45, 7) is 4.19. The highest BCUT2D eigenvalue weighted by molar-refractivity contribution is 9.10. The quantitative estimate of drug-likeness (QED) is 0.853. The average molecular weight is 334 g/mol. The lowest BCUT2D eigenvalue weighted by Crippen LogP contribution is -2.35. The molecule has 1 unspecified atom stereocenters. The van der Waals surface area contributed by atoms with E-state index in [0.717, 1.165) is 22.1 Å². The second kappa shape index (κ2) is 6.42. The zero-order valence-electron chi connectivity index (χ0n) is 11.9. The van der Waals surface area contributed by atoms with Crippen LogP contribution < -0.4 is 5.32 Å². The van der Waals surface area contributed by atoms with Gasteiger partial charge in [-0.25, -0.2) is 0 Å². The summed E-state index contributed by atoms with van der Waals surface area (Å²) in [4.78, 5) is 0. The number of rotatable bonds is 5. The monoisotopic (exact) mass is 333 g/mol. The summed E-state index contributed by atoms with van der Waals surface area (Å²) in [7, 11) is 0. The Balaban J connectivity index is 2.25. The molecule has 0 heterocycles. The molecule has 2 aromatic rings. The van der Waals surface area contributed by atoms with Crippen molar-refractivity contribution in [2.24, 2.45) is 0 Å². The number of benzene rings is 2. The Morgan fingerprint density at radius 1 is 1.05 bits per heavy atom.